The Bertz CT molecular complexity index is 439. The van der Waals surface area contributed by atoms with Crippen LogP contribution in [0.1, 0.15) is 31.1 Å². The zero-order valence-corrected chi connectivity index (χ0v) is 12.4. The number of morpholine rings is 1. The van der Waals surface area contributed by atoms with Crippen LogP contribution in [0, 0.1) is 5.92 Å². The van der Waals surface area contributed by atoms with Crippen LogP contribution < -0.4 is 10.2 Å². The fourth-order valence-corrected chi connectivity index (χ4v) is 1.96. The summed E-state index contributed by atoms with van der Waals surface area (Å²) in [6, 6.07) is 3.89. The molecule has 0 bridgehead atoms. The van der Waals surface area contributed by atoms with Crippen LogP contribution >= 0.6 is 0 Å². The van der Waals surface area contributed by atoms with Crippen LogP contribution in [-0.2, 0) is 4.74 Å². The average Bonchev–Trinajstić information content (AvgIpc) is 2.48. The second-order valence-corrected chi connectivity index (χ2v) is 5.51. The first-order valence-electron chi connectivity index (χ1n) is 7.17. The number of carbonyl (C=O) groups is 1. The Kier molecular flexibility index (Phi) is 4.95. The Morgan fingerprint density at radius 3 is 2.55 bits per heavy atom. The van der Waals surface area contributed by atoms with Gasteiger partial charge in [0.2, 0.25) is 0 Å². The highest BCUT2D eigenvalue weighted by Gasteiger charge is 2.15. The summed E-state index contributed by atoms with van der Waals surface area (Å²) in [5, 5.41) is 2.98. The highest BCUT2D eigenvalue weighted by atomic mass is 16.5. The van der Waals surface area contributed by atoms with Gasteiger partial charge < -0.3 is 15.0 Å². The van der Waals surface area contributed by atoms with Crippen molar-refractivity contribution in [2.75, 3.05) is 31.2 Å². The maximum absolute atomic E-state index is 12.1. The van der Waals surface area contributed by atoms with Gasteiger partial charge in [-0.2, -0.15) is 0 Å². The Labute approximate surface area is 120 Å². The Morgan fingerprint density at radius 2 is 2.00 bits per heavy atom. The summed E-state index contributed by atoms with van der Waals surface area (Å²) >= 11 is 0. The fraction of sp³-hybridized carbons (Fsp3) is 0.600. The van der Waals surface area contributed by atoms with Gasteiger partial charge in [-0.25, -0.2) is 4.98 Å². The van der Waals surface area contributed by atoms with E-state index in [0.29, 0.717) is 11.5 Å². The van der Waals surface area contributed by atoms with Gasteiger partial charge in [-0.15, -0.1) is 0 Å². The summed E-state index contributed by atoms with van der Waals surface area (Å²) < 4.78 is 5.32. The Morgan fingerprint density at radius 1 is 1.30 bits per heavy atom. The third-order valence-corrected chi connectivity index (χ3v) is 3.70. The first-order chi connectivity index (χ1) is 9.58. The lowest BCUT2D eigenvalue weighted by molar-refractivity contribution is 0.0930. The molecule has 2 rings (SSSR count). The number of carbonyl (C=O) groups excluding carboxylic acids is 1. The van der Waals surface area contributed by atoms with Crippen molar-refractivity contribution in [3.05, 3.63) is 23.9 Å². The van der Waals surface area contributed by atoms with Crippen LogP contribution in [0.2, 0.25) is 0 Å². The molecule has 20 heavy (non-hydrogen) atoms. The maximum Gasteiger partial charge on any atom is 0.253 e. The van der Waals surface area contributed by atoms with Crippen molar-refractivity contribution in [2.24, 2.45) is 5.92 Å². The molecule has 2 heterocycles. The molecular weight excluding hydrogens is 254 g/mol. The molecule has 0 saturated carbocycles. The smallest absolute Gasteiger partial charge is 0.253 e. The topological polar surface area (TPSA) is 54.5 Å². The fourth-order valence-electron chi connectivity index (χ4n) is 1.96. The van der Waals surface area contributed by atoms with Gasteiger partial charge in [0.05, 0.1) is 18.8 Å². The number of nitrogens with one attached hydrogen (secondary N) is 1. The summed E-state index contributed by atoms with van der Waals surface area (Å²) in [6.07, 6.45) is 1.65. The molecule has 1 fully saturated rings. The maximum atomic E-state index is 12.1. The lowest BCUT2D eigenvalue weighted by Gasteiger charge is -2.27. The lowest BCUT2D eigenvalue weighted by atomic mass is 10.1. The summed E-state index contributed by atoms with van der Waals surface area (Å²) in [5.74, 6) is 1.26. The van der Waals surface area contributed by atoms with E-state index in [-0.39, 0.29) is 11.9 Å². The first kappa shape index (κ1) is 14.8. The van der Waals surface area contributed by atoms with Crippen molar-refractivity contribution in [3.63, 3.8) is 0 Å². The predicted molar refractivity (Wildman–Crippen MR) is 79.0 cm³/mol. The number of hydrogen-bond acceptors (Lipinski definition) is 4. The van der Waals surface area contributed by atoms with E-state index in [1.807, 2.05) is 19.1 Å². The van der Waals surface area contributed by atoms with Crippen molar-refractivity contribution in [1.29, 1.82) is 0 Å². The van der Waals surface area contributed by atoms with Gasteiger partial charge in [-0.1, -0.05) is 13.8 Å². The van der Waals surface area contributed by atoms with Gasteiger partial charge in [-0.05, 0) is 25.0 Å². The SMILES string of the molecule is CC(C)C(C)NC(=O)c1ccc(N2CCOCC2)nc1. The molecule has 1 saturated heterocycles. The summed E-state index contributed by atoms with van der Waals surface area (Å²) in [6.45, 7) is 9.35. The second kappa shape index (κ2) is 6.70. The number of rotatable bonds is 4. The molecule has 1 atom stereocenters. The normalized spacial score (nSPS) is 17.1. The predicted octanol–water partition coefficient (Wildman–Crippen LogP) is 1.69. The van der Waals surface area contributed by atoms with Gasteiger partial charge in [-0.3, -0.25) is 4.79 Å². The third-order valence-electron chi connectivity index (χ3n) is 3.70. The summed E-state index contributed by atoms with van der Waals surface area (Å²) in [7, 11) is 0. The number of hydrogen-bond donors (Lipinski definition) is 1. The molecule has 5 nitrogen and oxygen atoms in total. The average molecular weight is 277 g/mol. The van der Waals surface area contributed by atoms with Crippen LogP contribution in [0.25, 0.3) is 0 Å². The quantitative estimate of drug-likeness (QED) is 0.910. The largest absolute Gasteiger partial charge is 0.378 e. The van der Waals surface area contributed by atoms with Crippen molar-refractivity contribution < 1.29 is 9.53 Å². The molecule has 110 valence electrons. The number of aromatic nitrogens is 1. The molecule has 0 aromatic carbocycles. The highest BCUT2D eigenvalue weighted by Crippen LogP contribution is 2.13. The molecule has 1 aromatic heterocycles. The number of pyridine rings is 1. The standard InChI is InChI=1S/C15H23N3O2/c1-11(2)12(3)17-15(19)13-4-5-14(16-10-13)18-6-8-20-9-7-18/h4-5,10-12H,6-9H2,1-3H3,(H,17,19). The minimum atomic E-state index is -0.0628. The molecule has 1 aliphatic rings. The van der Waals surface area contributed by atoms with Crippen molar-refractivity contribution in [2.45, 2.75) is 26.8 Å². The van der Waals surface area contributed by atoms with E-state index < -0.39 is 0 Å². The van der Waals surface area contributed by atoms with Gasteiger partial charge >= 0.3 is 0 Å². The Balaban J connectivity index is 1.98. The van der Waals surface area contributed by atoms with Crippen LogP contribution in [0.15, 0.2) is 18.3 Å². The molecule has 1 aliphatic heterocycles. The monoisotopic (exact) mass is 277 g/mol. The molecule has 1 amide bonds. The van der Waals surface area contributed by atoms with Crippen molar-refractivity contribution in [1.82, 2.24) is 10.3 Å². The van der Waals surface area contributed by atoms with E-state index >= 15 is 0 Å². The summed E-state index contributed by atoms with van der Waals surface area (Å²) in [5.41, 5.74) is 0.606. The number of ether oxygens (including phenoxy) is 1. The summed E-state index contributed by atoms with van der Waals surface area (Å²) in [4.78, 5) is 18.6. The third kappa shape index (κ3) is 3.70. The van der Waals surface area contributed by atoms with E-state index in [9.17, 15) is 4.79 Å². The lowest BCUT2D eigenvalue weighted by Crippen LogP contribution is -2.37. The second-order valence-electron chi connectivity index (χ2n) is 5.51. The van der Waals surface area contributed by atoms with Crippen LogP contribution in [0.5, 0.6) is 0 Å². The highest BCUT2D eigenvalue weighted by molar-refractivity contribution is 5.94. The molecule has 5 heteroatoms. The zero-order valence-electron chi connectivity index (χ0n) is 12.4. The van der Waals surface area contributed by atoms with Crippen molar-refractivity contribution >= 4 is 11.7 Å². The van der Waals surface area contributed by atoms with E-state index in [2.05, 4.69) is 29.0 Å². The zero-order chi connectivity index (χ0) is 14.5. The molecule has 0 radical (unpaired) electrons. The minimum Gasteiger partial charge on any atom is -0.378 e. The van der Waals surface area contributed by atoms with E-state index in [1.54, 1.807) is 6.20 Å². The van der Waals surface area contributed by atoms with Crippen molar-refractivity contribution in [3.8, 4) is 0 Å². The Hall–Kier alpha value is -1.62. The molecule has 0 aliphatic carbocycles. The van der Waals surface area contributed by atoms with Gasteiger partial charge in [0.15, 0.2) is 0 Å². The molecule has 1 unspecified atom stereocenters. The van der Waals surface area contributed by atoms with Gasteiger partial charge in [0, 0.05) is 25.3 Å². The molecular formula is C15H23N3O2. The van der Waals surface area contributed by atoms with Gasteiger partial charge in [0.1, 0.15) is 5.82 Å². The van der Waals surface area contributed by atoms with Gasteiger partial charge in [0.25, 0.3) is 5.91 Å². The van der Waals surface area contributed by atoms with E-state index in [0.717, 1.165) is 32.1 Å². The van der Waals surface area contributed by atoms with Crippen LogP contribution in [-0.4, -0.2) is 43.2 Å². The van der Waals surface area contributed by atoms with Crippen LogP contribution in [0.4, 0.5) is 5.82 Å². The van der Waals surface area contributed by atoms with E-state index in [4.69, 9.17) is 4.74 Å². The van der Waals surface area contributed by atoms with Crippen LogP contribution in [0.3, 0.4) is 0 Å². The van der Waals surface area contributed by atoms with E-state index in [1.165, 1.54) is 0 Å². The molecule has 1 aromatic rings. The number of amides is 1. The molecule has 1 N–H and O–H groups in total. The minimum absolute atomic E-state index is 0.0628. The number of anilines is 1. The number of nitrogens with zero attached hydrogens (tertiary/aromatic N) is 2. The molecule has 0 spiro atoms. The first-order valence-corrected chi connectivity index (χ1v) is 7.17.